The molecule has 2 amide bonds. The molecule has 1 atom stereocenters. The maximum Gasteiger partial charge on any atom is 0.322 e. The van der Waals surface area contributed by atoms with Crippen molar-refractivity contribution in [3.05, 3.63) is 58.9 Å². The standard InChI is InChI=1S/C20H22ClN3O4/c1-28-16-4-2-3-15(10-16)23-20(27)24-7-5-13(6-8-24)19-17(21)9-14(11-22-19)18(26)12-25/h2-5,9-11,18,25-26H,6-8,12H2,1H3,(H,23,27). The van der Waals surface area contributed by atoms with Gasteiger partial charge in [0, 0.05) is 36.6 Å². The number of amides is 2. The summed E-state index contributed by atoms with van der Waals surface area (Å²) in [5, 5.41) is 22.0. The minimum atomic E-state index is -1.00. The zero-order valence-corrected chi connectivity index (χ0v) is 16.2. The topological polar surface area (TPSA) is 94.9 Å². The third kappa shape index (κ3) is 4.62. The number of rotatable bonds is 5. The molecule has 1 aromatic carbocycles. The SMILES string of the molecule is COc1cccc(NC(=O)N2CC=C(c3ncc(C(O)CO)cc3Cl)CC2)c1. The van der Waals surface area contributed by atoms with Gasteiger partial charge in [-0.2, -0.15) is 0 Å². The van der Waals surface area contributed by atoms with E-state index in [0.29, 0.717) is 47.2 Å². The number of aliphatic hydroxyl groups is 2. The number of hydrogen-bond donors (Lipinski definition) is 3. The first-order valence-electron chi connectivity index (χ1n) is 8.85. The second kappa shape index (κ2) is 9.05. The molecule has 2 aromatic rings. The number of nitrogens with one attached hydrogen (secondary N) is 1. The molecule has 3 rings (SSSR count). The Balaban J connectivity index is 1.66. The van der Waals surface area contributed by atoms with Gasteiger partial charge in [0.25, 0.3) is 0 Å². The molecule has 0 bridgehead atoms. The minimum Gasteiger partial charge on any atom is -0.497 e. The van der Waals surface area contributed by atoms with Crippen molar-refractivity contribution in [1.82, 2.24) is 9.88 Å². The maximum atomic E-state index is 12.5. The summed E-state index contributed by atoms with van der Waals surface area (Å²) in [6, 6.07) is 8.60. The number of carbonyl (C=O) groups excluding carboxylic acids is 1. The molecule has 1 aliphatic heterocycles. The van der Waals surface area contributed by atoms with E-state index in [1.807, 2.05) is 18.2 Å². The van der Waals surface area contributed by atoms with Crippen molar-refractivity contribution >= 4 is 28.9 Å². The molecule has 1 unspecified atom stereocenters. The fraction of sp³-hybridized carbons (Fsp3) is 0.300. The summed E-state index contributed by atoms with van der Waals surface area (Å²) in [5.74, 6) is 0.675. The molecule has 3 N–H and O–H groups in total. The molecule has 0 aliphatic carbocycles. The van der Waals surface area contributed by atoms with Crippen LogP contribution in [0.1, 0.15) is 23.8 Å². The van der Waals surface area contributed by atoms with Gasteiger partial charge in [-0.3, -0.25) is 4.98 Å². The number of benzene rings is 1. The Morgan fingerprint density at radius 2 is 2.25 bits per heavy atom. The number of carbonyl (C=O) groups is 1. The normalized spacial score (nSPS) is 15.0. The molecular weight excluding hydrogens is 382 g/mol. The first-order valence-corrected chi connectivity index (χ1v) is 9.23. The van der Waals surface area contributed by atoms with E-state index in [1.54, 1.807) is 30.2 Å². The lowest BCUT2D eigenvalue weighted by Gasteiger charge is -2.27. The fourth-order valence-corrected chi connectivity index (χ4v) is 3.24. The third-order valence-corrected chi connectivity index (χ3v) is 4.83. The largest absolute Gasteiger partial charge is 0.497 e. The van der Waals surface area contributed by atoms with Gasteiger partial charge in [0.1, 0.15) is 11.9 Å². The Morgan fingerprint density at radius 3 is 2.89 bits per heavy atom. The van der Waals surface area contributed by atoms with Crippen LogP contribution < -0.4 is 10.1 Å². The average molecular weight is 404 g/mol. The third-order valence-electron chi connectivity index (χ3n) is 4.54. The Labute approximate surface area is 168 Å². The zero-order chi connectivity index (χ0) is 20.1. The van der Waals surface area contributed by atoms with Crippen LogP contribution in [0.15, 0.2) is 42.6 Å². The monoisotopic (exact) mass is 403 g/mol. The lowest BCUT2D eigenvalue weighted by Crippen LogP contribution is -2.38. The smallest absolute Gasteiger partial charge is 0.322 e. The lowest BCUT2D eigenvalue weighted by atomic mass is 10.0. The van der Waals surface area contributed by atoms with E-state index in [0.717, 1.165) is 5.57 Å². The number of methoxy groups -OCH3 is 1. The van der Waals surface area contributed by atoms with Gasteiger partial charge < -0.3 is 25.2 Å². The number of hydrogen-bond acceptors (Lipinski definition) is 5. The Morgan fingerprint density at radius 1 is 1.43 bits per heavy atom. The van der Waals surface area contributed by atoms with E-state index in [9.17, 15) is 9.90 Å². The molecule has 7 nitrogen and oxygen atoms in total. The molecule has 8 heteroatoms. The molecule has 1 aliphatic rings. The highest BCUT2D eigenvalue weighted by Crippen LogP contribution is 2.29. The van der Waals surface area contributed by atoms with E-state index in [2.05, 4.69) is 10.3 Å². The number of aromatic nitrogens is 1. The molecule has 148 valence electrons. The van der Waals surface area contributed by atoms with E-state index < -0.39 is 12.7 Å². The summed E-state index contributed by atoms with van der Waals surface area (Å²) in [7, 11) is 1.58. The van der Waals surface area contributed by atoms with Crippen LogP contribution in [0, 0.1) is 0 Å². The first kappa shape index (κ1) is 20.1. The van der Waals surface area contributed by atoms with E-state index >= 15 is 0 Å². The molecular formula is C20H22ClN3O4. The number of ether oxygens (including phenoxy) is 1. The van der Waals surface area contributed by atoms with Crippen LogP contribution in [0.4, 0.5) is 10.5 Å². The summed E-state index contributed by atoms with van der Waals surface area (Å²) in [5.41, 5.74) is 2.71. The molecule has 0 fully saturated rings. The van der Waals surface area contributed by atoms with Crippen LogP contribution in [-0.2, 0) is 0 Å². The second-order valence-electron chi connectivity index (χ2n) is 6.38. The maximum absolute atomic E-state index is 12.5. The van der Waals surface area contributed by atoms with E-state index in [1.165, 1.54) is 6.20 Å². The number of urea groups is 1. The zero-order valence-electron chi connectivity index (χ0n) is 15.4. The lowest BCUT2D eigenvalue weighted by molar-refractivity contribution is 0.0953. The van der Waals surface area contributed by atoms with Crippen molar-refractivity contribution in [2.45, 2.75) is 12.5 Å². The molecule has 0 saturated carbocycles. The van der Waals surface area contributed by atoms with Gasteiger partial charge in [0.2, 0.25) is 0 Å². The predicted molar refractivity (Wildman–Crippen MR) is 107 cm³/mol. The predicted octanol–water partition coefficient (Wildman–Crippen LogP) is 3.09. The van der Waals surface area contributed by atoms with Gasteiger partial charge >= 0.3 is 6.03 Å². The number of halogens is 1. The van der Waals surface area contributed by atoms with Gasteiger partial charge in [-0.1, -0.05) is 23.7 Å². The van der Waals surface area contributed by atoms with Gasteiger partial charge in [-0.05, 0) is 30.2 Å². The highest BCUT2D eigenvalue weighted by atomic mass is 35.5. The molecule has 0 radical (unpaired) electrons. The fourth-order valence-electron chi connectivity index (χ4n) is 2.95. The number of aliphatic hydroxyl groups excluding tert-OH is 2. The van der Waals surface area contributed by atoms with Crippen molar-refractivity contribution in [1.29, 1.82) is 0 Å². The Kier molecular flexibility index (Phi) is 6.51. The summed E-state index contributed by atoms with van der Waals surface area (Å²) in [6.07, 6.45) is 3.03. The summed E-state index contributed by atoms with van der Waals surface area (Å²) < 4.78 is 5.16. The number of nitrogens with zero attached hydrogens (tertiary/aromatic N) is 2. The van der Waals surface area contributed by atoms with Crippen LogP contribution >= 0.6 is 11.6 Å². The van der Waals surface area contributed by atoms with Gasteiger partial charge in [-0.25, -0.2) is 4.79 Å². The highest BCUT2D eigenvalue weighted by Gasteiger charge is 2.20. The summed E-state index contributed by atoms with van der Waals surface area (Å²) in [4.78, 5) is 18.5. The molecule has 1 aromatic heterocycles. The first-order chi connectivity index (χ1) is 13.5. The quantitative estimate of drug-likeness (QED) is 0.713. The van der Waals surface area contributed by atoms with E-state index in [-0.39, 0.29) is 6.03 Å². The van der Waals surface area contributed by atoms with Crippen molar-refractivity contribution in [2.75, 3.05) is 32.1 Å². The summed E-state index contributed by atoms with van der Waals surface area (Å²) >= 11 is 6.30. The van der Waals surface area contributed by atoms with Crippen molar-refractivity contribution in [3.63, 3.8) is 0 Å². The Hall–Kier alpha value is -2.61. The highest BCUT2D eigenvalue weighted by molar-refractivity contribution is 6.32. The van der Waals surface area contributed by atoms with Crippen LogP contribution in [0.2, 0.25) is 5.02 Å². The Bertz CT molecular complexity index is 888. The van der Waals surface area contributed by atoms with Crippen LogP contribution in [0.5, 0.6) is 5.75 Å². The average Bonchev–Trinajstić information content (AvgIpc) is 2.73. The van der Waals surface area contributed by atoms with Crippen LogP contribution in [-0.4, -0.2) is 52.9 Å². The number of anilines is 1. The minimum absolute atomic E-state index is 0.191. The molecule has 0 saturated heterocycles. The second-order valence-corrected chi connectivity index (χ2v) is 6.79. The van der Waals surface area contributed by atoms with Crippen molar-refractivity contribution in [3.8, 4) is 5.75 Å². The summed E-state index contributed by atoms with van der Waals surface area (Å²) in [6.45, 7) is 0.572. The molecule has 2 heterocycles. The molecule has 0 spiro atoms. The van der Waals surface area contributed by atoms with Gasteiger partial charge in [-0.15, -0.1) is 0 Å². The van der Waals surface area contributed by atoms with E-state index in [4.69, 9.17) is 21.4 Å². The number of pyridine rings is 1. The van der Waals surface area contributed by atoms with Crippen LogP contribution in [0.3, 0.4) is 0 Å². The molecule has 28 heavy (non-hydrogen) atoms. The van der Waals surface area contributed by atoms with Gasteiger partial charge in [0.05, 0.1) is 24.4 Å². The van der Waals surface area contributed by atoms with Crippen LogP contribution in [0.25, 0.3) is 5.57 Å². The van der Waals surface area contributed by atoms with Gasteiger partial charge in [0.15, 0.2) is 0 Å². The van der Waals surface area contributed by atoms with Crippen molar-refractivity contribution < 1.29 is 19.7 Å². The van der Waals surface area contributed by atoms with Crippen molar-refractivity contribution in [2.24, 2.45) is 0 Å².